The lowest BCUT2D eigenvalue weighted by molar-refractivity contribution is -0.137. The zero-order chi connectivity index (χ0) is 12.4. The van der Waals surface area contributed by atoms with Crippen LogP contribution in [0.25, 0.3) is 0 Å². The number of carboxylic acid groups (broad SMARTS) is 1. The predicted octanol–water partition coefficient (Wildman–Crippen LogP) is 2.04. The third-order valence-electron chi connectivity index (χ3n) is 2.57. The lowest BCUT2D eigenvalue weighted by atomic mass is 10.0. The molecule has 0 saturated heterocycles. The van der Waals surface area contributed by atoms with Crippen LogP contribution in [0.2, 0.25) is 0 Å². The van der Waals surface area contributed by atoms with Gasteiger partial charge in [-0.2, -0.15) is 0 Å². The Kier molecular flexibility index (Phi) is 3.54. The second-order valence-electron chi connectivity index (χ2n) is 3.74. The Labute approximate surface area is 107 Å². The summed E-state index contributed by atoms with van der Waals surface area (Å²) in [4.78, 5) is 10.5. The zero-order valence-corrected chi connectivity index (χ0v) is 10.6. The summed E-state index contributed by atoms with van der Waals surface area (Å²) in [5.74, 6) is 0.386. The maximum Gasteiger partial charge on any atom is 0.303 e. The Morgan fingerprint density at radius 3 is 2.88 bits per heavy atom. The maximum absolute atomic E-state index is 10.5. The van der Waals surface area contributed by atoms with Crippen LogP contribution in [-0.2, 0) is 4.79 Å². The quantitative estimate of drug-likeness (QED) is 0.889. The second kappa shape index (κ2) is 4.93. The van der Waals surface area contributed by atoms with E-state index in [4.69, 9.17) is 20.3 Å². The van der Waals surface area contributed by atoms with Gasteiger partial charge >= 0.3 is 5.97 Å². The average Bonchev–Trinajstić information content (AvgIpc) is 2.76. The highest BCUT2D eigenvalue weighted by Crippen LogP contribution is 2.43. The van der Waals surface area contributed by atoms with Crippen LogP contribution in [0.3, 0.4) is 0 Å². The summed E-state index contributed by atoms with van der Waals surface area (Å²) in [5, 5.41) is 8.63. The molecule has 0 saturated carbocycles. The minimum Gasteiger partial charge on any atom is -0.481 e. The van der Waals surface area contributed by atoms with Gasteiger partial charge in [-0.05, 0) is 28.4 Å². The SMILES string of the molecule is NC(CCC(=O)O)c1ccc(Br)c2c1OCO2. The Balaban J connectivity index is 2.21. The molecule has 0 amide bonds. The molecule has 3 N–H and O–H groups in total. The van der Waals surface area contributed by atoms with Crippen LogP contribution < -0.4 is 15.2 Å². The molecule has 1 atom stereocenters. The summed E-state index contributed by atoms with van der Waals surface area (Å²) in [7, 11) is 0. The highest BCUT2D eigenvalue weighted by atomic mass is 79.9. The van der Waals surface area contributed by atoms with Gasteiger partial charge in [-0.1, -0.05) is 6.07 Å². The molecule has 6 heteroatoms. The van der Waals surface area contributed by atoms with Crippen molar-refractivity contribution in [3.63, 3.8) is 0 Å². The Morgan fingerprint density at radius 1 is 1.47 bits per heavy atom. The van der Waals surface area contributed by atoms with E-state index in [0.717, 1.165) is 10.0 Å². The molecule has 1 aromatic rings. The fraction of sp³-hybridized carbons (Fsp3) is 0.364. The summed E-state index contributed by atoms with van der Waals surface area (Å²) < 4.78 is 11.5. The predicted molar refractivity (Wildman–Crippen MR) is 64.1 cm³/mol. The van der Waals surface area contributed by atoms with Gasteiger partial charge in [0.1, 0.15) is 0 Å². The third-order valence-corrected chi connectivity index (χ3v) is 3.19. The molecule has 0 aliphatic carbocycles. The maximum atomic E-state index is 10.5. The number of rotatable bonds is 4. The summed E-state index contributed by atoms with van der Waals surface area (Å²) >= 11 is 3.35. The molecule has 1 aliphatic heterocycles. The van der Waals surface area contributed by atoms with Crippen molar-refractivity contribution < 1.29 is 19.4 Å². The number of halogens is 1. The van der Waals surface area contributed by atoms with E-state index in [0.29, 0.717) is 17.9 Å². The molecule has 0 spiro atoms. The average molecular weight is 302 g/mol. The first-order chi connectivity index (χ1) is 8.09. The van der Waals surface area contributed by atoms with Gasteiger partial charge in [0.2, 0.25) is 6.79 Å². The number of nitrogens with two attached hydrogens (primary N) is 1. The van der Waals surface area contributed by atoms with Crippen molar-refractivity contribution in [3.05, 3.63) is 22.2 Å². The van der Waals surface area contributed by atoms with Crippen LogP contribution in [-0.4, -0.2) is 17.9 Å². The number of benzene rings is 1. The minimum atomic E-state index is -0.855. The van der Waals surface area contributed by atoms with Crippen molar-refractivity contribution in [1.29, 1.82) is 0 Å². The van der Waals surface area contributed by atoms with E-state index in [9.17, 15) is 4.79 Å². The van der Waals surface area contributed by atoms with Crippen molar-refractivity contribution in [2.75, 3.05) is 6.79 Å². The largest absolute Gasteiger partial charge is 0.481 e. The van der Waals surface area contributed by atoms with Crippen LogP contribution >= 0.6 is 15.9 Å². The first-order valence-electron chi connectivity index (χ1n) is 5.15. The molecule has 0 bridgehead atoms. The molecule has 5 nitrogen and oxygen atoms in total. The first kappa shape index (κ1) is 12.2. The normalized spacial score (nSPS) is 14.7. The van der Waals surface area contributed by atoms with Gasteiger partial charge in [-0.15, -0.1) is 0 Å². The van der Waals surface area contributed by atoms with Crippen molar-refractivity contribution in [3.8, 4) is 11.5 Å². The number of hydrogen-bond donors (Lipinski definition) is 2. The molecule has 92 valence electrons. The lowest BCUT2D eigenvalue weighted by Gasteiger charge is -2.13. The molecule has 1 aliphatic rings. The van der Waals surface area contributed by atoms with E-state index in [1.807, 2.05) is 12.1 Å². The summed E-state index contributed by atoms with van der Waals surface area (Å²) in [6, 6.07) is 3.28. The van der Waals surface area contributed by atoms with Crippen molar-refractivity contribution in [2.45, 2.75) is 18.9 Å². The van der Waals surface area contributed by atoms with Crippen molar-refractivity contribution in [2.24, 2.45) is 5.73 Å². The van der Waals surface area contributed by atoms with E-state index < -0.39 is 5.97 Å². The molecule has 0 fully saturated rings. The Hall–Kier alpha value is -1.27. The van der Waals surface area contributed by atoms with Gasteiger partial charge < -0.3 is 20.3 Å². The standard InChI is InChI=1S/C11H12BrNO4/c12-7-2-1-6(8(13)3-4-9(14)15)10-11(7)17-5-16-10/h1-2,8H,3-5,13H2,(H,14,15). The molecule has 2 rings (SSSR count). The summed E-state index contributed by atoms with van der Waals surface area (Å²) in [6.07, 6.45) is 0.402. The smallest absolute Gasteiger partial charge is 0.303 e. The van der Waals surface area contributed by atoms with Crippen LogP contribution in [0.15, 0.2) is 16.6 Å². The molecule has 1 heterocycles. The zero-order valence-electron chi connectivity index (χ0n) is 8.98. The van der Waals surface area contributed by atoms with Gasteiger partial charge in [0.05, 0.1) is 4.47 Å². The molecular formula is C11H12BrNO4. The Morgan fingerprint density at radius 2 is 2.18 bits per heavy atom. The molecule has 1 unspecified atom stereocenters. The van der Waals surface area contributed by atoms with Crippen molar-refractivity contribution >= 4 is 21.9 Å². The van der Waals surface area contributed by atoms with Crippen molar-refractivity contribution in [1.82, 2.24) is 0 Å². The van der Waals surface area contributed by atoms with Crippen LogP contribution in [0.5, 0.6) is 11.5 Å². The molecular weight excluding hydrogens is 290 g/mol. The first-order valence-corrected chi connectivity index (χ1v) is 5.94. The van der Waals surface area contributed by atoms with Gasteiger partial charge in [-0.25, -0.2) is 0 Å². The number of ether oxygens (including phenoxy) is 2. The molecule has 0 radical (unpaired) electrons. The molecule has 17 heavy (non-hydrogen) atoms. The van der Waals surface area contributed by atoms with E-state index in [2.05, 4.69) is 15.9 Å². The lowest BCUT2D eigenvalue weighted by Crippen LogP contribution is -2.13. The molecule has 0 aromatic heterocycles. The number of fused-ring (bicyclic) bond motifs is 1. The van der Waals surface area contributed by atoms with E-state index >= 15 is 0 Å². The number of aliphatic carboxylic acids is 1. The van der Waals surface area contributed by atoms with Gasteiger partial charge in [0, 0.05) is 18.0 Å². The highest BCUT2D eigenvalue weighted by molar-refractivity contribution is 9.10. The number of carboxylic acids is 1. The van der Waals surface area contributed by atoms with E-state index in [1.165, 1.54) is 0 Å². The molecule has 1 aromatic carbocycles. The minimum absolute atomic E-state index is 0.0346. The fourth-order valence-electron chi connectivity index (χ4n) is 1.71. The van der Waals surface area contributed by atoms with Gasteiger partial charge in [-0.3, -0.25) is 4.79 Å². The van der Waals surface area contributed by atoms with Crippen LogP contribution in [0.1, 0.15) is 24.4 Å². The number of hydrogen-bond acceptors (Lipinski definition) is 4. The number of carbonyl (C=O) groups is 1. The highest BCUT2D eigenvalue weighted by Gasteiger charge is 2.24. The van der Waals surface area contributed by atoms with Crippen LogP contribution in [0.4, 0.5) is 0 Å². The van der Waals surface area contributed by atoms with Gasteiger partial charge in [0.25, 0.3) is 0 Å². The van der Waals surface area contributed by atoms with Gasteiger partial charge in [0.15, 0.2) is 11.5 Å². The Bertz CT molecular complexity index is 449. The van der Waals surface area contributed by atoms with E-state index in [-0.39, 0.29) is 19.3 Å². The summed E-state index contributed by atoms with van der Waals surface area (Å²) in [5.41, 5.74) is 6.73. The van der Waals surface area contributed by atoms with Crippen LogP contribution in [0, 0.1) is 0 Å². The third kappa shape index (κ3) is 2.53. The summed E-state index contributed by atoms with van der Waals surface area (Å²) in [6.45, 7) is 0.163. The topological polar surface area (TPSA) is 81.8 Å². The van der Waals surface area contributed by atoms with E-state index in [1.54, 1.807) is 0 Å². The fourth-order valence-corrected chi connectivity index (χ4v) is 2.14. The second-order valence-corrected chi connectivity index (χ2v) is 4.59. The monoisotopic (exact) mass is 301 g/mol.